The van der Waals surface area contributed by atoms with Gasteiger partial charge in [0.25, 0.3) is 0 Å². The molecule has 0 heterocycles. The average molecular weight is 1120 g/mol. The van der Waals surface area contributed by atoms with E-state index in [1.807, 2.05) is 12.2 Å². The SMILES string of the molecule is CC/C=C\C/C=C\C/C=C\C/C=C\CCC(=O)OCC(COP(=O)(O)OCC(CO)OC(=O)CCCCCCCCCCC/C=C\CCCCCCCC)OC(=O)CCCCCCCCCCC/C=C\CCCCCCCC. The Morgan fingerprint density at radius 2 is 0.692 bits per heavy atom. The molecule has 0 amide bonds. The quantitative estimate of drug-likeness (QED) is 0.0197. The molecule has 0 saturated carbocycles. The van der Waals surface area contributed by atoms with Crippen LogP contribution in [0.5, 0.6) is 0 Å². The Balaban J connectivity index is 4.68. The number of aliphatic hydroxyl groups is 1. The number of hydrogen-bond donors (Lipinski definition) is 2. The highest BCUT2D eigenvalue weighted by Gasteiger charge is 2.28. The summed E-state index contributed by atoms with van der Waals surface area (Å²) in [6.45, 7) is 4.48. The van der Waals surface area contributed by atoms with Crippen LogP contribution in [0.2, 0.25) is 0 Å². The van der Waals surface area contributed by atoms with Gasteiger partial charge in [-0.2, -0.15) is 0 Å². The molecule has 0 bridgehead atoms. The summed E-state index contributed by atoms with van der Waals surface area (Å²) in [6, 6.07) is 0. The van der Waals surface area contributed by atoms with E-state index in [0.717, 1.165) is 64.2 Å². The van der Waals surface area contributed by atoms with E-state index in [2.05, 4.69) is 81.5 Å². The van der Waals surface area contributed by atoms with Crippen molar-refractivity contribution < 1.29 is 52.2 Å². The molecule has 0 rings (SSSR count). The minimum Gasteiger partial charge on any atom is -0.462 e. The maximum atomic E-state index is 12.9. The molecule has 12 heteroatoms. The number of carbonyl (C=O) groups is 3. The fraction of sp³-hybridized carbons (Fsp3) is 0.773. The molecule has 0 saturated heterocycles. The second-order valence-electron chi connectivity index (χ2n) is 21.2. The van der Waals surface area contributed by atoms with Crippen molar-refractivity contribution in [2.45, 2.75) is 303 Å². The minimum absolute atomic E-state index is 0.105. The molecule has 78 heavy (non-hydrogen) atoms. The third-order valence-corrected chi connectivity index (χ3v) is 14.5. The second kappa shape index (κ2) is 60.0. The number of unbranched alkanes of at least 4 members (excludes halogenated alkanes) is 30. The molecule has 2 N–H and O–H groups in total. The Labute approximate surface area is 478 Å². The lowest BCUT2D eigenvalue weighted by Gasteiger charge is -2.21. The Morgan fingerprint density at radius 3 is 1.08 bits per heavy atom. The largest absolute Gasteiger partial charge is 0.472 e. The van der Waals surface area contributed by atoms with E-state index in [1.54, 1.807) is 0 Å². The van der Waals surface area contributed by atoms with Crippen molar-refractivity contribution in [3.63, 3.8) is 0 Å². The van der Waals surface area contributed by atoms with Gasteiger partial charge in [0.1, 0.15) is 12.7 Å². The highest BCUT2D eigenvalue weighted by atomic mass is 31.2. The van der Waals surface area contributed by atoms with E-state index in [0.29, 0.717) is 19.3 Å². The fourth-order valence-corrected chi connectivity index (χ4v) is 9.56. The Hall–Kier alpha value is -3.08. The summed E-state index contributed by atoms with van der Waals surface area (Å²) in [4.78, 5) is 48.6. The molecular weight excluding hydrogens is 1000 g/mol. The number of hydrogen-bond acceptors (Lipinski definition) is 10. The maximum absolute atomic E-state index is 12.9. The van der Waals surface area contributed by atoms with Gasteiger partial charge in [-0.25, -0.2) is 4.57 Å². The smallest absolute Gasteiger partial charge is 0.462 e. The minimum atomic E-state index is -4.77. The van der Waals surface area contributed by atoms with Gasteiger partial charge in [0.15, 0.2) is 6.10 Å². The van der Waals surface area contributed by atoms with Crippen LogP contribution in [-0.2, 0) is 42.2 Å². The van der Waals surface area contributed by atoms with Crippen LogP contribution in [0.4, 0.5) is 0 Å². The number of ether oxygens (including phenoxy) is 3. The van der Waals surface area contributed by atoms with Crippen LogP contribution in [0.1, 0.15) is 290 Å². The zero-order valence-corrected chi connectivity index (χ0v) is 51.0. The van der Waals surface area contributed by atoms with Crippen molar-refractivity contribution in [3.8, 4) is 0 Å². The molecule has 3 atom stereocenters. The first kappa shape index (κ1) is 74.9. The number of esters is 3. The topological polar surface area (TPSA) is 155 Å². The van der Waals surface area contributed by atoms with Gasteiger partial charge < -0.3 is 24.2 Å². The van der Waals surface area contributed by atoms with Gasteiger partial charge in [-0.1, -0.05) is 248 Å². The van der Waals surface area contributed by atoms with Gasteiger partial charge in [-0.05, 0) is 96.3 Å². The number of phosphoric acid groups is 1. The number of carbonyl (C=O) groups excluding carboxylic acids is 3. The summed E-state index contributed by atoms with van der Waals surface area (Å²) in [5.41, 5.74) is 0. The molecule has 0 aliphatic rings. The van der Waals surface area contributed by atoms with Crippen molar-refractivity contribution in [1.29, 1.82) is 0 Å². The number of allylic oxidation sites excluding steroid dienone is 12. The van der Waals surface area contributed by atoms with Crippen LogP contribution in [0.15, 0.2) is 72.9 Å². The van der Waals surface area contributed by atoms with Gasteiger partial charge in [0, 0.05) is 19.3 Å². The summed E-state index contributed by atoms with van der Waals surface area (Å²) in [6.07, 6.45) is 68.8. The van der Waals surface area contributed by atoms with Crippen LogP contribution in [-0.4, -0.2) is 66.5 Å². The molecule has 11 nitrogen and oxygen atoms in total. The third kappa shape index (κ3) is 57.6. The molecule has 0 spiro atoms. The molecule has 0 radical (unpaired) electrons. The normalized spacial score (nSPS) is 13.8. The van der Waals surface area contributed by atoms with E-state index >= 15 is 0 Å². The predicted molar refractivity (Wildman–Crippen MR) is 325 cm³/mol. The lowest BCUT2D eigenvalue weighted by Crippen LogP contribution is -2.30. The maximum Gasteiger partial charge on any atom is 0.472 e. The first-order chi connectivity index (χ1) is 38.2. The summed E-state index contributed by atoms with van der Waals surface area (Å²) < 4.78 is 39.6. The van der Waals surface area contributed by atoms with Crippen molar-refractivity contribution in [2.75, 3.05) is 26.4 Å². The van der Waals surface area contributed by atoms with Gasteiger partial charge in [-0.3, -0.25) is 23.4 Å². The van der Waals surface area contributed by atoms with Crippen LogP contribution < -0.4 is 0 Å². The predicted octanol–water partition coefficient (Wildman–Crippen LogP) is 19.3. The van der Waals surface area contributed by atoms with E-state index in [-0.39, 0.29) is 25.9 Å². The standard InChI is InChI=1S/C66H117O11P/c1-4-7-10-13-16-19-22-25-27-29-31-33-35-38-41-44-47-50-53-56-65(69)76-62(58-67)60-74-78(71,72)75-61-63(59-73-64(68)55-52-49-46-43-40-37-24-21-18-15-12-9-6-3)77-66(70)57-54-51-48-45-42-39-36-34-32-30-28-26-23-20-17-14-11-8-5-2/h9,12,18,21,25-28,37,40,46,49,62-63,67H,4-8,10-11,13-17,19-20,22-24,29-36,38-39,41-45,47-48,50-61H2,1-3H3,(H,71,72)/b12-9-,21-18-,27-25-,28-26-,40-37-,49-46-. The zero-order valence-electron chi connectivity index (χ0n) is 50.1. The highest BCUT2D eigenvalue weighted by Crippen LogP contribution is 2.43. The van der Waals surface area contributed by atoms with Crippen LogP contribution in [0, 0.1) is 0 Å². The zero-order chi connectivity index (χ0) is 56.9. The molecule has 452 valence electrons. The number of phosphoric ester groups is 1. The van der Waals surface area contributed by atoms with E-state index in [4.69, 9.17) is 23.3 Å². The van der Waals surface area contributed by atoms with Gasteiger partial charge in [0.2, 0.25) is 0 Å². The average Bonchev–Trinajstić information content (AvgIpc) is 3.43. The number of aliphatic hydroxyl groups excluding tert-OH is 1. The lowest BCUT2D eigenvalue weighted by atomic mass is 10.1. The van der Waals surface area contributed by atoms with Gasteiger partial charge >= 0.3 is 25.7 Å². The van der Waals surface area contributed by atoms with Crippen molar-refractivity contribution in [2.24, 2.45) is 0 Å². The van der Waals surface area contributed by atoms with Crippen LogP contribution >= 0.6 is 7.82 Å². The molecular formula is C66H117O11P. The van der Waals surface area contributed by atoms with Crippen LogP contribution in [0.25, 0.3) is 0 Å². The van der Waals surface area contributed by atoms with Gasteiger partial charge in [-0.15, -0.1) is 0 Å². The van der Waals surface area contributed by atoms with Crippen LogP contribution in [0.3, 0.4) is 0 Å². The summed E-state index contributed by atoms with van der Waals surface area (Å²) in [7, 11) is -4.77. The molecule has 0 aromatic heterocycles. The van der Waals surface area contributed by atoms with E-state index in [9.17, 15) is 28.9 Å². The van der Waals surface area contributed by atoms with Gasteiger partial charge in [0.05, 0.1) is 19.8 Å². The molecule has 0 aromatic rings. The fourth-order valence-electron chi connectivity index (χ4n) is 8.77. The Bertz CT molecular complexity index is 1590. The molecule has 0 aromatic carbocycles. The molecule has 0 aliphatic heterocycles. The van der Waals surface area contributed by atoms with Crippen molar-refractivity contribution in [1.82, 2.24) is 0 Å². The molecule has 0 aliphatic carbocycles. The van der Waals surface area contributed by atoms with E-state index in [1.165, 1.54) is 167 Å². The summed E-state index contributed by atoms with van der Waals surface area (Å²) >= 11 is 0. The molecule has 0 fully saturated rings. The monoisotopic (exact) mass is 1120 g/mol. The molecule has 3 unspecified atom stereocenters. The highest BCUT2D eigenvalue weighted by molar-refractivity contribution is 7.47. The Kier molecular flexibility index (Phi) is 57.7. The van der Waals surface area contributed by atoms with Crippen molar-refractivity contribution in [3.05, 3.63) is 72.9 Å². The first-order valence-electron chi connectivity index (χ1n) is 31.8. The first-order valence-corrected chi connectivity index (χ1v) is 33.3. The van der Waals surface area contributed by atoms with Crippen molar-refractivity contribution >= 4 is 25.7 Å². The number of rotatable bonds is 59. The third-order valence-electron chi connectivity index (χ3n) is 13.6. The lowest BCUT2D eigenvalue weighted by molar-refractivity contribution is -0.161. The van der Waals surface area contributed by atoms with E-state index < -0.39 is 57.8 Å². The summed E-state index contributed by atoms with van der Waals surface area (Å²) in [5, 5.41) is 9.85. The second-order valence-corrected chi connectivity index (χ2v) is 22.6. The summed E-state index contributed by atoms with van der Waals surface area (Å²) in [5.74, 6) is -1.56. The Morgan fingerprint density at radius 1 is 0.372 bits per heavy atom.